The summed E-state index contributed by atoms with van der Waals surface area (Å²) >= 11 is 14.3. The molecule has 0 saturated carbocycles. The number of aryl methyl sites for hydroxylation is 2. The number of halogens is 3. The number of hydrogen-bond donors (Lipinski definition) is 2. The number of ether oxygens (including phenoxy) is 2. The van der Waals surface area contributed by atoms with Gasteiger partial charge in [-0.05, 0) is 95.6 Å². The summed E-state index contributed by atoms with van der Waals surface area (Å²) in [6.07, 6.45) is 1.34. The van der Waals surface area contributed by atoms with Gasteiger partial charge in [-0.3, -0.25) is 19.7 Å². The van der Waals surface area contributed by atoms with Crippen molar-refractivity contribution in [3.63, 3.8) is 0 Å². The number of carbonyl (C=O) groups excluding carboxylic acids is 4. The van der Waals surface area contributed by atoms with E-state index in [9.17, 15) is 19.2 Å². The lowest BCUT2D eigenvalue weighted by Gasteiger charge is -2.26. The summed E-state index contributed by atoms with van der Waals surface area (Å²) in [6.45, 7) is 3.33. The SMILES string of the molecule is COc1cc(/C=C2\C(=O)NC(=O)N(c3ccc(C)c(Cl)c3)C2=O)cc(I)c1OCC(=O)Nc1ccc(C)c(Cl)c1. The number of nitrogens with one attached hydrogen (secondary N) is 2. The van der Waals surface area contributed by atoms with E-state index in [1.807, 2.05) is 29.5 Å². The third-order valence-electron chi connectivity index (χ3n) is 5.88. The first-order chi connectivity index (χ1) is 19.0. The Morgan fingerprint density at radius 3 is 2.35 bits per heavy atom. The first kappa shape index (κ1) is 29.4. The molecule has 5 amide bonds. The molecule has 1 aliphatic heterocycles. The number of carbonyl (C=O) groups is 4. The highest BCUT2D eigenvalue weighted by atomic mass is 127. The second kappa shape index (κ2) is 12.3. The molecule has 0 spiro atoms. The van der Waals surface area contributed by atoms with Gasteiger partial charge in [0.05, 0.1) is 16.4 Å². The van der Waals surface area contributed by atoms with Crippen LogP contribution in [0.2, 0.25) is 10.0 Å². The minimum atomic E-state index is -0.880. The van der Waals surface area contributed by atoms with E-state index >= 15 is 0 Å². The molecule has 1 heterocycles. The number of imide groups is 2. The van der Waals surface area contributed by atoms with Crippen LogP contribution in [0.4, 0.5) is 16.2 Å². The van der Waals surface area contributed by atoms with Crippen molar-refractivity contribution in [2.75, 3.05) is 23.9 Å². The number of nitrogens with zero attached hydrogens (tertiary/aromatic N) is 1. The molecule has 0 radical (unpaired) electrons. The summed E-state index contributed by atoms with van der Waals surface area (Å²) in [4.78, 5) is 51.7. The summed E-state index contributed by atoms with van der Waals surface area (Å²) < 4.78 is 11.7. The molecule has 0 unspecified atom stereocenters. The number of benzene rings is 3. The highest BCUT2D eigenvalue weighted by Gasteiger charge is 2.37. The van der Waals surface area contributed by atoms with E-state index in [-0.39, 0.29) is 23.6 Å². The number of anilines is 2. The van der Waals surface area contributed by atoms with Gasteiger partial charge < -0.3 is 14.8 Å². The lowest BCUT2D eigenvalue weighted by molar-refractivity contribution is -0.122. The van der Waals surface area contributed by atoms with Crippen LogP contribution in [0, 0.1) is 17.4 Å². The van der Waals surface area contributed by atoms with Gasteiger partial charge in [0.1, 0.15) is 5.57 Å². The van der Waals surface area contributed by atoms with Crippen molar-refractivity contribution < 1.29 is 28.7 Å². The Balaban J connectivity index is 1.56. The van der Waals surface area contributed by atoms with Gasteiger partial charge in [-0.15, -0.1) is 0 Å². The van der Waals surface area contributed by atoms with E-state index in [1.54, 1.807) is 49.4 Å². The zero-order valence-corrected chi connectivity index (χ0v) is 25.1. The van der Waals surface area contributed by atoms with Crippen molar-refractivity contribution >= 4 is 87.0 Å². The molecule has 12 heteroatoms. The zero-order chi connectivity index (χ0) is 29.1. The van der Waals surface area contributed by atoms with Crippen molar-refractivity contribution in [2.45, 2.75) is 13.8 Å². The fraction of sp³-hybridized carbons (Fsp3) is 0.143. The van der Waals surface area contributed by atoms with Gasteiger partial charge in [-0.2, -0.15) is 0 Å². The predicted molar refractivity (Wildman–Crippen MR) is 161 cm³/mol. The molecule has 2 N–H and O–H groups in total. The summed E-state index contributed by atoms with van der Waals surface area (Å²) in [5, 5.41) is 5.79. The molecule has 4 rings (SSSR count). The number of amides is 5. The maximum Gasteiger partial charge on any atom is 0.335 e. The summed E-state index contributed by atoms with van der Waals surface area (Å²) in [7, 11) is 1.42. The van der Waals surface area contributed by atoms with Crippen molar-refractivity contribution in [3.8, 4) is 11.5 Å². The van der Waals surface area contributed by atoms with E-state index in [0.29, 0.717) is 30.6 Å². The average Bonchev–Trinajstić information content (AvgIpc) is 2.89. The molecule has 40 heavy (non-hydrogen) atoms. The van der Waals surface area contributed by atoms with Crippen molar-refractivity contribution in [1.82, 2.24) is 5.32 Å². The highest BCUT2D eigenvalue weighted by molar-refractivity contribution is 14.1. The monoisotopic (exact) mass is 693 g/mol. The molecule has 1 aliphatic rings. The van der Waals surface area contributed by atoms with Crippen molar-refractivity contribution in [2.24, 2.45) is 0 Å². The molecule has 0 aliphatic carbocycles. The van der Waals surface area contributed by atoms with E-state index in [4.69, 9.17) is 32.7 Å². The normalized spacial score (nSPS) is 14.3. The summed E-state index contributed by atoms with van der Waals surface area (Å²) in [5.41, 5.74) is 2.57. The van der Waals surface area contributed by atoms with Crippen molar-refractivity contribution in [3.05, 3.63) is 84.4 Å². The first-order valence-corrected chi connectivity index (χ1v) is 13.6. The van der Waals surface area contributed by atoms with Gasteiger partial charge >= 0.3 is 6.03 Å². The van der Waals surface area contributed by atoms with Crippen LogP contribution in [-0.2, 0) is 14.4 Å². The Morgan fingerprint density at radius 1 is 1.02 bits per heavy atom. The fourth-order valence-corrected chi connectivity index (χ4v) is 4.88. The molecule has 3 aromatic carbocycles. The summed E-state index contributed by atoms with van der Waals surface area (Å²) in [6, 6.07) is 12.2. The first-order valence-electron chi connectivity index (χ1n) is 11.7. The smallest absolute Gasteiger partial charge is 0.335 e. The van der Waals surface area contributed by atoms with Gasteiger partial charge in [0, 0.05) is 15.7 Å². The van der Waals surface area contributed by atoms with Gasteiger partial charge in [-0.25, -0.2) is 9.69 Å². The number of urea groups is 1. The number of barbiturate groups is 1. The minimum Gasteiger partial charge on any atom is -0.493 e. The lowest BCUT2D eigenvalue weighted by atomic mass is 10.1. The van der Waals surface area contributed by atoms with Crippen LogP contribution >= 0.6 is 45.8 Å². The maximum absolute atomic E-state index is 13.2. The van der Waals surface area contributed by atoms with Gasteiger partial charge in [0.2, 0.25) is 0 Å². The molecule has 0 aromatic heterocycles. The maximum atomic E-state index is 13.2. The molecule has 9 nitrogen and oxygen atoms in total. The molecule has 1 saturated heterocycles. The Kier molecular flexibility index (Phi) is 9.02. The van der Waals surface area contributed by atoms with Gasteiger partial charge in [-0.1, -0.05) is 35.3 Å². The highest BCUT2D eigenvalue weighted by Crippen LogP contribution is 2.35. The second-order valence-electron chi connectivity index (χ2n) is 8.73. The molecule has 0 bridgehead atoms. The predicted octanol–water partition coefficient (Wildman–Crippen LogP) is 5.91. The minimum absolute atomic E-state index is 0.221. The van der Waals surface area contributed by atoms with Crippen LogP contribution in [0.25, 0.3) is 6.08 Å². The molecule has 1 fully saturated rings. The number of methoxy groups -OCH3 is 1. The molecular weight excluding hydrogens is 672 g/mol. The zero-order valence-electron chi connectivity index (χ0n) is 21.4. The largest absolute Gasteiger partial charge is 0.493 e. The van der Waals surface area contributed by atoms with Crippen molar-refractivity contribution in [1.29, 1.82) is 0 Å². The number of hydrogen-bond acceptors (Lipinski definition) is 6. The Morgan fingerprint density at radius 2 is 1.70 bits per heavy atom. The van der Waals surface area contributed by atoms with E-state index in [1.165, 1.54) is 19.3 Å². The molecule has 0 atom stereocenters. The standard InChI is InChI=1S/C28H22Cl2IN3O6/c1-14-4-6-17(11-20(14)29)32-24(35)13-40-25-22(31)9-16(10-23(25)39-3)8-19-26(36)33-28(38)34(27(19)37)18-7-5-15(2)21(30)12-18/h4-12H,13H2,1-3H3,(H,32,35)(H,33,36,38)/b19-8+. The van der Waals surface area contributed by atoms with E-state index < -0.39 is 23.8 Å². The van der Waals surface area contributed by atoms with Crippen LogP contribution in [0.15, 0.2) is 54.1 Å². The second-order valence-corrected chi connectivity index (χ2v) is 10.7. The van der Waals surface area contributed by atoms with Crippen LogP contribution in [0.1, 0.15) is 16.7 Å². The average molecular weight is 694 g/mol. The van der Waals surface area contributed by atoms with Crippen LogP contribution in [-0.4, -0.2) is 37.5 Å². The lowest BCUT2D eigenvalue weighted by Crippen LogP contribution is -2.54. The van der Waals surface area contributed by atoms with Crippen LogP contribution < -0.4 is 25.0 Å². The van der Waals surface area contributed by atoms with Crippen LogP contribution in [0.3, 0.4) is 0 Å². The Hall–Kier alpha value is -3.61. The topological polar surface area (TPSA) is 114 Å². The summed E-state index contributed by atoms with van der Waals surface area (Å²) in [5.74, 6) is -1.49. The fourth-order valence-electron chi connectivity index (χ4n) is 3.75. The van der Waals surface area contributed by atoms with Gasteiger partial charge in [0.25, 0.3) is 17.7 Å². The molecule has 3 aromatic rings. The van der Waals surface area contributed by atoms with E-state index in [2.05, 4.69) is 10.6 Å². The van der Waals surface area contributed by atoms with E-state index in [0.717, 1.165) is 16.0 Å². The van der Waals surface area contributed by atoms with Gasteiger partial charge in [0.15, 0.2) is 18.1 Å². The Labute approximate surface area is 253 Å². The molecular formula is C28H22Cl2IN3O6. The molecule has 206 valence electrons. The Bertz CT molecular complexity index is 1590. The van der Waals surface area contributed by atoms with Crippen LogP contribution in [0.5, 0.6) is 11.5 Å². The third-order valence-corrected chi connectivity index (χ3v) is 7.50. The number of rotatable bonds is 7. The third kappa shape index (κ3) is 6.40. The quantitative estimate of drug-likeness (QED) is 0.181.